The minimum Gasteiger partial charge on any atom is -0.491 e. The molecule has 0 spiro atoms. The van der Waals surface area contributed by atoms with Gasteiger partial charge in [0.25, 0.3) is 0 Å². The van der Waals surface area contributed by atoms with Gasteiger partial charge in [-0.1, -0.05) is 0 Å². The minimum absolute atomic E-state index is 0.171. The third-order valence-corrected chi connectivity index (χ3v) is 3.69. The molecule has 2 aromatic rings. The number of nitrogens with one attached hydrogen (secondary N) is 1. The van der Waals surface area contributed by atoms with Crippen LogP contribution in [0, 0.1) is 6.92 Å². The standard InChI is InChI=1S/C16H21N3OS/c1-11(2)20-14-7-5-13(6-8-14)19-16(17)18-10-15-9-4-12(3)21-15/h4-9,11H,10H2,1-3H3,(H3,17,18,19). The second-order valence-electron chi connectivity index (χ2n) is 5.03. The molecule has 0 bridgehead atoms. The van der Waals surface area contributed by atoms with E-state index in [0.717, 1.165) is 11.4 Å². The molecule has 112 valence electrons. The second kappa shape index (κ2) is 7.13. The van der Waals surface area contributed by atoms with Gasteiger partial charge in [-0.05, 0) is 57.2 Å². The number of thiophene rings is 1. The summed E-state index contributed by atoms with van der Waals surface area (Å²) in [4.78, 5) is 6.83. The Morgan fingerprint density at radius 2 is 1.95 bits per heavy atom. The number of ether oxygens (including phenoxy) is 1. The maximum Gasteiger partial charge on any atom is 0.193 e. The number of guanidine groups is 1. The molecule has 0 radical (unpaired) electrons. The third kappa shape index (κ3) is 5.11. The fraction of sp³-hybridized carbons (Fsp3) is 0.312. The smallest absolute Gasteiger partial charge is 0.193 e. The van der Waals surface area contributed by atoms with Crippen LogP contribution in [0.25, 0.3) is 0 Å². The van der Waals surface area contributed by atoms with Crippen LogP contribution in [0.4, 0.5) is 5.69 Å². The number of nitrogens with two attached hydrogens (primary N) is 1. The summed E-state index contributed by atoms with van der Waals surface area (Å²) in [6, 6.07) is 11.8. The van der Waals surface area contributed by atoms with Gasteiger partial charge in [-0.2, -0.15) is 0 Å². The number of rotatable bonds is 5. The number of anilines is 1. The van der Waals surface area contributed by atoms with E-state index in [4.69, 9.17) is 10.5 Å². The normalized spacial score (nSPS) is 11.7. The number of hydrogen-bond donors (Lipinski definition) is 2. The first-order valence-corrected chi connectivity index (χ1v) is 7.73. The van der Waals surface area contributed by atoms with Crippen molar-refractivity contribution in [3.05, 3.63) is 46.2 Å². The molecule has 0 saturated heterocycles. The van der Waals surface area contributed by atoms with Gasteiger partial charge >= 0.3 is 0 Å². The van der Waals surface area contributed by atoms with E-state index in [0.29, 0.717) is 12.5 Å². The molecule has 1 aromatic heterocycles. The van der Waals surface area contributed by atoms with E-state index < -0.39 is 0 Å². The van der Waals surface area contributed by atoms with E-state index in [-0.39, 0.29) is 6.10 Å². The molecular formula is C16H21N3OS. The molecule has 0 unspecified atom stereocenters. The summed E-state index contributed by atoms with van der Waals surface area (Å²) >= 11 is 1.74. The lowest BCUT2D eigenvalue weighted by atomic mass is 10.3. The molecule has 5 heteroatoms. The molecule has 0 atom stereocenters. The van der Waals surface area contributed by atoms with Gasteiger partial charge in [0.1, 0.15) is 5.75 Å². The van der Waals surface area contributed by atoms with E-state index in [2.05, 4.69) is 29.4 Å². The van der Waals surface area contributed by atoms with Crippen LogP contribution in [-0.2, 0) is 6.54 Å². The summed E-state index contributed by atoms with van der Waals surface area (Å²) < 4.78 is 5.59. The van der Waals surface area contributed by atoms with Crippen molar-refractivity contribution < 1.29 is 4.74 Å². The summed E-state index contributed by atoms with van der Waals surface area (Å²) in [5, 5.41) is 3.08. The third-order valence-electron chi connectivity index (χ3n) is 2.70. The van der Waals surface area contributed by atoms with E-state index in [9.17, 15) is 0 Å². The molecule has 21 heavy (non-hydrogen) atoms. The molecule has 2 rings (SSSR count). The zero-order chi connectivity index (χ0) is 15.2. The summed E-state index contributed by atoms with van der Waals surface area (Å²) in [6.07, 6.45) is 0.171. The maximum absolute atomic E-state index is 5.89. The molecule has 0 amide bonds. The first-order chi connectivity index (χ1) is 10.0. The molecule has 4 nitrogen and oxygen atoms in total. The van der Waals surface area contributed by atoms with Crippen LogP contribution >= 0.6 is 11.3 Å². The average molecular weight is 303 g/mol. The molecule has 0 aliphatic carbocycles. The van der Waals surface area contributed by atoms with E-state index in [1.54, 1.807) is 11.3 Å². The Bertz CT molecular complexity index is 602. The molecular weight excluding hydrogens is 282 g/mol. The predicted octanol–water partition coefficient (Wildman–Crippen LogP) is 3.77. The number of aliphatic imine (C=N–C) groups is 1. The molecule has 3 N–H and O–H groups in total. The Morgan fingerprint density at radius 1 is 1.24 bits per heavy atom. The highest BCUT2D eigenvalue weighted by molar-refractivity contribution is 7.11. The van der Waals surface area contributed by atoms with Crippen molar-refractivity contribution in [1.82, 2.24) is 0 Å². The van der Waals surface area contributed by atoms with Crippen LogP contribution in [0.1, 0.15) is 23.6 Å². The van der Waals surface area contributed by atoms with Crippen LogP contribution < -0.4 is 15.8 Å². The number of hydrogen-bond acceptors (Lipinski definition) is 3. The number of nitrogens with zero attached hydrogens (tertiary/aromatic N) is 1. The first-order valence-electron chi connectivity index (χ1n) is 6.92. The van der Waals surface area contributed by atoms with Gasteiger partial charge < -0.3 is 15.8 Å². The zero-order valence-electron chi connectivity index (χ0n) is 12.6. The highest BCUT2D eigenvalue weighted by Gasteiger charge is 2.00. The van der Waals surface area contributed by atoms with Crippen molar-refractivity contribution in [2.24, 2.45) is 10.7 Å². The lowest BCUT2D eigenvalue weighted by molar-refractivity contribution is 0.242. The van der Waals surface area contributed by atoms with E-state index in [1.807, 2.05) is 38.1 Å². The predicted molar refractivity (Wildman–Crippen MR) is 90.2 cm³/mol. The fourth-order valence-electron chi connectivity index (χ4n) is 1.81. The first kappa shape index (κ1) is 15.4. The summed E-state index contributed by atoms with van der Waals surface area (Å²) in [5.41, 5.74) is 6.79. The van der Waals surface area contributed by atoms with Crippen LogP contribution in [0.3, 0.4) is 0 Å². The van der Waals surface area contributed by atoms with Gasteiger partial charge in [0.05, 0.1) is 12.6 Å². The van der Waals surface area contributed by atoms with Crippen molar-refractivity contribution in [1.29, 1.82) is 0 Å². The van der Waals surface area contributed by atoms with Crippen LogP contribution in [0.5, 0.6) is 5.75 Å². The van der Waals surface area contributed by atoms with Crippen molar-refractivity contribution in [2.75, 3.05) is 5.32 Å². The van der Waals surface area contributed by atoms with E-state index >= 15 is 0 Å². The van der Waals surface area contributed by atoms with Gasteiger partial charge in [-0.15, -0.1) is 11.3 Å². The monoisotopic (exact) mass is 303 g/mol. The van der Waals surface area contributed by atoms with Crippen LogP contribution in [-0.4, -0.2) is 12.1 Å². The molecule has 1 aromatic carbocycles. The van der Waals surface area contributed by atoms with Crippen molar-refractivity contribution in [2.45, 2.75) is 33.4 Å². The van der Waals surface area contributed by atoms with E-state index in [1.165, 1.54) is 9.75 Å². The largest absolute Gasteiger partial charge is 0.491 e. The van der Waals surface area contributed by atoms with Crippen LogP contribution in [0.2, 0.25) is 0 Å². The average Bonchev–Trinajstić information content (AvgIpc) is 2.84. The zero-order valence-corrected chi connectivity index (χ0v) is 13.4. The highest BCUT2D eigenvalue weighted by atomic mass is 32.1. The van der Waals surface area contributed by atoms with Gasteiger partial charge in [0.15, 0.2) is 5.96 Å². The molecule has 0 aliphatic heterocycles. The van der Waals surface area contributed by atoms with Gasteiger partial charge in [0, 0.05) is 15.4 Å². The highest BCUT2D eigenvalue weighted by Crippen LogP contribution is 2.17. The lowest BCUT2D eigenvalue weighted by Gasteiger charge is -2.10. The SMILES string of the molecule is Cc1ccc(CN=C(N)Nc2ccc(OC(C)C)cc2)s1. The summed E-state index contributed by atoms with van der Waals surface area (Å²) in [5.74, 6) is 1.26. The topological polar surface area (TPSA) is 59.6 Å². The fourth-order valence-corrected chi connectivity index (χ4v) is 2.62. The molecule has 0 aliphatic rings. The molecule has 0 fully saturated rings. The number of benzene rings is 1. The van der Waals surface area contributed by atoms with Crippen molar-refractivity contribution in [3.63, 3.8) is 0 Å². The maximum atomic E-state index is 5.89. The Morgan fingerprint density at radius 3 is 2.52 bits per heavy atom. The van der Waals surface area contributed by atoms with Gasteiger partial charge in [-0.25, -0.2) is 4.99 Å². The van der Waals surface area contributed by atoms with Crippen molar-refractivity contribution >= 4 is 23.0 Å². The van der Waals surface area contributed by atoms with Crippen LogP contribution in [0.15, 0.2) is 41.4 Å². The Balaban J connectivity index is 1.91. The quantitative estimate of drug-likeness (QED) is 0.653. The number of aryl methyl sites for hydroxylation is 1. The molecule has 1 heterocycles. The second-order valence-corrected chi connectivity index (χ2v) is 6.40. The van der Waals surface area contributed by atoms with Gasteiger partial charge in [0.2, 0.25) is 0 Å². The lowest BCUT2D eigenvalue weighted by Crippen LogP contribution is -2.22. The molecule has 0 saturated carbocycles. The summed E-state index contributed by atoms with van der Waals surface area (Å²) in [6.45, 7) is 6.69. The summed E-state index contributed by atoms with van der Waals surface area (Å²) in [7, 11) is 0. The van der Waals surface area contributed by atoms with Gasteiger partial charge in [-0.3, -0.25) is 0 Å². The Hall–Kier alpha value is -2.01. The Labute approximate surface area is 129 Å². The Kier molecular flexibility index (Phi) is 5.22. The van der Waals surface area contributed by atoms with Crippen molar-refractivity contribution in [3.8, 4) is 5.75 Å². The minimum atomic E-state index is 0.171.